The SMILES string of the molecule is CCCC(C)(NC(=O)c1cc(O)ccc1Cl)C(=O)OC. The van der Waals surface area contributed by atoms with E-state index in [1.54, 1.807) is 6.92 Å². The molecule has 1 rings (SSSR count). The van der Waals surface area contributed by atoms with Crippen LogP contribution in [0.15, 0.2) is 18.2 Å². The van der Waals surface area contributed by atoms with Crippen molar-refractivity contribution in [2.75, 3.05) is 7.11 Å². The van der Waals surface area contributed by atoms with Crippen molar-refractivity contribution < 1.29 is 19.4 Å². The Kier molecular flexibility index (Phi) is 5.39. The van der Waals surface area contributed by atoms with Gasteiger partial charge >= 0.3 is 5.97 Å². The predicted octanol–water partition coefficient (Wildman–Crippen LogP) is 2.51. The minimum atomic E-state index is -1.13. The van der Waals surface area contributed by atoms with E-state index in [-0.39, 0.29) is 16.3 Å². The smallest absolute Gasteiger partial charge is 0.331 e. The minimum Gasteiger partial charge on any atom is -0.508 e. The first kappa shape index (κ1) is 16.3. The second-order valence-corrected chi connectivity index (χ2v) is 5.10. The van der Waals surface area contributed by atoms with Gasteiger partial charge in [0, 0.05) is 0 Å². The summed E-state index contributed by atoms with van der Waals surface area (Å²) in [6.45, 7) is 3.49. The Bertz CT molecular complexity index is 518. The molecule has 0 aliphatic carbocycles. The van der Waals surface area contributed by atoms with Gasteiger partial charge in [0.15, 0.2) is 0 Å². The van der Waals surface area contributed by atoms with Gasteiger partial charge in [-0.05, 0) is 31.5 Å². The maximum absolute atomic E-state index is 12.2. The van der Waals surface area contributed by atoms with Crippen molar-refractivity contribution in [3.8, 4) is 5.75 Å². The molecule has 1 atom stereocenters. The number of benzene rings is 1. The lowest BCUT2D eigenvalue weighted by molar-refractivity contribution is -0.147. The number of methoxy groups -OCH3 is 1. The van der Waals surface area contributed by atoms with Gasteiger partial charge in [0.1, 0.15) is 11.3 Å². The summed E-state index contributed by atoms with van der Waals surface area (Å²) in [5, 5.41) is 12.2. The summed E-state index contributed by atoms with van der Waals surface area (Å²) in [4.78, 5) is 24.0. The summed E-state index contributed by atoms with van der Waals surface area (Å²) in [7, 11) is 1.27. The Labute approximate surface area is 122 Å². The second-order valence-electron chi connectivity index (χ2n) is 4.69. The quantitative estimate of drug-likeness (QED) is 0.819. The standard InChI is InChI=1S/C14H18ClNO4/c1-4-7-14(2,13(19)20-3)16-12(18)10-8-9(17)5-6-11(10)15/h5-6,8,17H,4,7H2,1-3H3,(H,16,18). The molecule has 0 aliphatic heterocycles. The molecule has 0 saturated heterocycles. The summed E-state index contributed by atoms with van der Waals surface area (Å²) in [6.07, 6.45) is 1.13. The summed E-state index contributed by atoms with van der Waals surface area (Å²) in [6, 6.07) is 4.05. The predicted molar refractivity (Wildman–Crippen MR) is 75.9 cm³/mol. The van der Waals surface area contributed by atoms with E-state index >= 15 is 0 Å². The highest BCUT2D eigenvalue weighted by molar-refractivity contribution is 6.34. The Hall–Kier alpha value is -1.75. The molecule has 1 unspecified atom stereocenters. The first-order valence-electron chi connectivity index (χ1n) is 6.23. The first-order valence-corrected chi connectivity index (χ1v) is 6.61. The number of carbonyl (C=O) groups is 2. The molecule has 0 bridgehead atoms. The molecule has 5 nitrogen and oxygen atoms in total. The molecule has 20 heavy (non-hydrogen) atoms. The number of hydrogen-bond acceptors (Lipinski definition) is 4. The maximum Gasteiger partial charge on any atom is 0.331 e. The molecule has 110 valence electrons. The van der Waals surface area contributed by atoms with Gasteiger partial charge in [-0.3, -0.25) is 4.79 Å². The zero-order valence-electron chi connectivity index (χ0n) is 11.7. The van der Waals surface area contributed by atoms with Crippen molar-refractivity contribution in [2.24, 2.45) is 0 Å². The van der Waals surface area contributed by atoms with E-state index in [4.69, 9.17) is 16.3 Å². The summed E-state index contributed by atoms with van der Waals surface area (Å²) < 4.78 is 4.72. The Morgan fingerprint density at radius 2 is 2.10 bits per heavy atom. The van der Waals surface area contributed by atoms with Crippen LogP contribution < -0.4 is 5.32 Å². The third kappa shape index (κ3) is 3.63. The molecule has 0 fully saturated rings. The number of ether oxygens (including phenoxy) is 1. The van der Waals surface area contributed by atoms with Gasteiger partial charge in [0.05, 0.1) is 17.7 Å². The summed E-state index contributed by atoms with van der Waals surface area (Å²) >= 11 is 5.92. The fraction of sp³-hybridized carbons (Fsp3) is 0.429. The number of aromatic hydroxyl groups is 1. The van der Waals surface area contributed by atoms with Crippen molar-refractivity contribution in [3.63, 3.8) is 0 Å². The van der Waals surface area contributed by atoms with Gasteiger partial charge in [-0.1, -0.05) is 24.9 Å². The number of halogens is 1. The minimum absolute atomic E-state index is 0.0742. The largest absolute Gasteiger partial charge is 0.508 e. The Morgan fingerprint density at radius 1 is 1.45 bits per heavy atom. The molecule has 0 saturated carbocycles. The third-order valence-electron chi connectivity index (χ3n) is 2.97. The molecule has 1 amide bonds. The highest BCUT2D eigenvalue weighted by Gasteiger charge is 2.35. The normalized spacial score (nSPS) is 13.4. The summed E-state index contributed by atoms with van der Waals surface area (Å²) in [5.41, 5.74) is -1.02. The van der Waals surface area contributed by atoms with Crippen LogP contribution in [0.3, 0.4) is 0 Å². The lowest BCUT2D eigenvalue weighted by Gasteiger charge is -2.27. The maximum atomic E-state index is 12.2. The molecule has 0 aliphatic rings. The van der Waals surface area contributed by atoms with Crippen LogP contribution in [-0.4, -0.2) is 29.6 Å². The lowest BCUT2D eigenvalue weighted by atomic mass is 9.95. The van der Waals surface area contributed by atoms with E-state index in [9.17, 15) is 14.7 Å². The number of carbonyl (C=O) groups excluding carboxylic acids is 2. The third-order valence-corrected chi connectivity index (χ3v) is 3.30. The fourth-order valence-corrected chi connectivity index (χ4v) is 2.15. The summed E-state index contributed by atoms with van der Waals surface area (Å²) in [5.74, 6) is -1.13. The molecule has 0 heterocycles. The number of phenolic OH excluding ortho intramolecular Hbond substituents is 1. The van der Waals surface area contributed by atoms with Crippen LogP contribution >= 0.6 is 11.6 Å². The monoisotopic (exact) mass is 299 g/mol. The highest BCUT2D eigenvalue weighted by atomic mass is 35.5. The molecule has 6 heteroatoms. The number of nitrogens with one attached hydrogen (secondary N) is 1. The average molecular weight is 300 g/mol. The average Bonchev–Trinajstić information content (AvgIpc) is 2.40. The van der Waals surface area contributed by atoms with Crippen LogP contribution in [0, 0.1) is 0 Å². The van der Waals surface area contributed by atoms with Crippen molar-refractivity contribution >= 4 is 23.5 Å². The van der Waals surface area contributed by atoms with Crippen LogP contribution in [0.2, 0.25) is 5.02 Å². The molecular formula is C14H18ClNO4. The molecule has 1 aromatic carbocycles. The zero-order chi connectivity index (χ0) is 15.3. The van der Waals surface area contributed by atoms with E-state index in [1.807, 2.05) is 6.92 Å². The molecule has 0 radical (unpaired) electrons. The van der Waals surface area contributed by atoms with Crippen LogP contribution in [0.25, 0.3) is 0 Å². The van der Waals surface area contributed by atoms with Gasteiger partial charge in [0.25, 0.3) is 5.91 Å². The fourth-order valence-electron chi connectivity index (χ4n) is 1.95. The number of rotatable bonds is 5. The van der Waals surface area contributed by atoms with E-state index in [1.165, 1.54) is 25.3 Å². The van der Waals surface area contributed by atoms with Crippen molar-refractivity contribution in [3.05, 3.63) is 28.8 Å². The molecule has 0 aromatic heterocycles. The zero-order valence-corrected chi connectivity index (χ0v) is 12.5. The van der Waals surface area contributed by atoms with Crippen LogP contribution in [0.4, 0.5) is 0 Å². The van der Waals surface area contributed by atoms with E-state index in [0.29, 0.717) is 12.8 Å². The van der Waals surface area contributed by atoms with Crippen molar-refractivity contribution in [2.45, 2.75) is 32.2 Å². The first-order chi connectivity index (χ1) is 9.34. The highest BCUT2D eigenvalue weighted by Crippen LogP contribution is 2.23. The van der Waals surface area contributed by atoms with E-state index in [2.05, 4.69) is 5.32 Å². The Balaban J connectivity index is 3.02. The number of phenols is 1. The molecule has 0 spiro atoms. The van der Waals surface area contributed by atoms with Crippen LogP contribution in [0.1, 0.15) is 37.0 Å². The topological polar surface area (TPSA) is 75.6 Å². The molecule has 2 N–H and O–H groups in total. The van der Waals surface area contributed by atoms with Crippen molar-refractivity contribution in [1.82, 2.24) is 5.32 Å². The van der Waals surface area contributed by atoms with E-state index in [0.717, 1.165) is 0 Å². The van der Waals surface area contributed by atoms with E-state index < -0.39 is 17.4 Å². The number of esters is 1. The molecular weight excluding hydrogens is 282 g/mol. The van der Waals surface area contributed by atoms with Gasteiger partial charge < -0.3 is 15.2 Å². The van der Waals surface area contributed by atoms with Crippen LogP contribution in [-0.2, 0) is 9.53 Å². The van der Waals surface area contributed by atoms with Crippen molar-refractivity contribution in [1.29, 1.82) is 0 Å². The second kappa shape index (κ2) is 6.61. The number of hydrogen-bond donors (Lipinski definition) is 2. The van der Waals surface area contributed by atoms with Gasteiger partial charge in [0.2, 0.25) is 0 Å². The number of amides is 1. The van der Waals surface area contributed by atoms with Gasteiger partial charge in [-0.2, -0.15) is 0 Å². The molecule has 1 aromatic rings. The van der Waals surface area contributed by atoms with Gasteiger partial charge in [-0.25, -0.2) is 4.79 Å². The van der Waals surface area contributed by atoms with Crippen LogP contribution in [0.5, 0.6) is 5.75 Å². The Morgan fingerprint density at radius 3 is 2.65 bits per heavy atom. The lowest BCUT2D eigenvalue weighted by Crippen LogP contribution is -2.52. The van der Waals surface area contributed by atoms with Gasteiger partial charge in [-0.15, -0.1) is 0 Å².